The number of ether oxygens (including phenoxy) is 1. The zero-order valence-electron chi connectivity index (χ0n) is 11.8. The van der Waals surface area contributed by atoms with E-state index in [-0.39, 0.29) is 18.8 Å². The Balaban J connectivity index is 2.68. The number of phenolic OH excluding ortho intramolecular Hbond substituents is 1. The van der Waals surface area contributed by atoms with Gasteiger partial charge in [-0.15, -0.1) is 0 Å². The van der Waals surface area contributed by atoms with Gasteiger partial charge < -0.3 is 19.8 Å². The van der Waals surface area contributed by atoms with Gasteiger partial charge in [-0.2, -0.15) is 0 Å². The van der Waals surface area contributed by atoms with Gasteiger partial charge in [0, 0.05) is 6.42 Å². The largest absolute Gasteiger partial charge is 0.508 e. The SMILES string of the molecule is CC(C)=NOCCC(C)(Oc1ccc(O)cc1)C(=O)O. The molecule has 0 saturated carbocycles. The second-order valence-corrected chi connectivity index (χ2v) is 4.75. The first-order valence-electron chi connectivity index (χ1n) is 6.18. The predicted molar refractivity (Wildman–Crippen MR) is 74.1 cm³/mol. The summed E-state index contributed by atoms with van der Waals surface area (Å²) in [6, 6.07) is 5.87. The number of aliphatic carboxylic acids is 1. The summed E-state index contributed by atoms with van der Waals surface area (Å²) < 4.78 is 5.49. The number of carbonyl (C=O) groups is 1. The predicted octanol–water partition coefficient (Wildman–Crippen LogP) is 2.42. The number of hydrogen-bond acceptors (Lipinski definition) is 5. The van der Waals surface area contributed by atoms with E-state index >= 15 is 0 Å². The maximum atomic E-state index is 11.4. The van der Waals surface area contributed by atoms with E-state index in [0.29, 0.717) is 5.75 Å². The Labute approximate surface area is 117 Å². The lowest BCUT2D eigenvalue weighted by Crippen LogP contribution is -2.42. The van der Waals surface area contributed by atoms with Crippen molar-refractivity contribution >= 4 is 11.7 Å². The van der Waals surface area contributed by atoms with Crippen LogP contribution in [0.1, 0.15) is 27.2 Å². The number of nitrogens with zero attached hydrogens (tertiary/aromatic N) is 1. The third-order valence-electron chi connectivity index (χ3n) is 2.55. The van der Waals surface area contributed by atoms with Crippen LogP contribution in [0.25, 0.3) is 0 Å². The molecule has 0 aliphatic rings. The maximum Gasteiger partial charge on any atom is 0.347 e. The minimum atomic E-state index is -1.42. The van der Waals surface area contributed by atoms with Crippen LogP contribution in [0.15, 0.2) is 29.4 Å². The minimum Gasteiger partial charge on any atom is -0.508 e. The molecule has 0 saturated heterocycles. The monoisotopic (exact) mass is 281 g/mol. The normalized spacial score (nSPS) is 13.2. The first-order chi connectivity index (χ1) is 9.33. The molecule has 2 N–H and O–H groups in total. The highest BCUT2D eigenvalue weighted by Gasteiger charge is 2.35. The molecule has 1 aromatic rings. The highest BCUT2D eigenvalue weighted by Crippen LogP contribution is 2.24. The van der Waals surface area contributed by atoms with Gasteiger partial charge in [-0.1, -0.05) is 5.16 Å². The van der Waals surface area contributed by atoms with Crippen molar-refractivity contribution < 1.29 is 24.6 Å². The van der Waals surface area contributed by atoms with E-state index < -0.39 is 11.6 Å². The maximum absolute atomic E-state index is 11.4. The molecule has 0 fully saturated rings. The van der Waals surface area contributed by atoms with E-state index in [1.807, 2.05) is 0 Å². The number of aromatic hydroxyl groups is 1. The van der Waals surface area contributed by atoms with Crippen molar-refractivity contribution in [3.63, 3.8) is 0 Å². The van der Waals surface area contributed by atoms with Crippen LogP contribution in [0, 0.1) is 0 Å². The Hall–Kier alpha value is -2.24. The van der Waals surface area contributed by atoms with Gasteiger partial charge in [-0.05, 0) is 45.0 Å². The van der Waals surface area contributed by atoms with Crippen LogP contribution in [-0.4, -0.2) is 34.1 Å². The van der Waals surface area contributed by atoms with Crippen LogP contribution < -0.4 is 4.74 Å². The van der Waals surface area contributed by atoms with E-state index in [2.05, 4.69) is 5.16 Å². The molecule has 0 amide bonds. The smallest absolute Gasteiger partial charge is 0.347 e. The molecule has 20 heavy (non-hydrogen) atoms. The van der Waals surface area contributed by atoms with E-state index in [0.717, 1.165) is 5.71 Å². The summed E-state index contributed by atoms with van der Waals surface area (Å²) in [5.74, 6) is -0.639. The molecular formula is C14H19NO5. The molecule has 0 aliphatic carbocycles. The van der Waals surface area contributed by atoms with Crippen molar-refractivity contribution in [1.29, 1.82) is 0 Å². The van der Waals surface area contributed by atoms with Crippen molar-refractivity contribution in [2.45, 2.75) is 32.8 Å². The van der Waals surface area contributed by atoms with Gasteiger partial charge in [-0.3, -0.25) is 0 Å². The molecule has 0 spiro atoms. The molecule has 0 aromatic heterocycles. The highest BCUT2D eigenvalue weighted by atomic mass is 16.6. The van der Waals surface area contributed by atoms with Gasteiger partial charge in [0.25, 0.3) is 0 Å². The molecular weight excluding hydrogens is 262 g/mol. The standard InChI is InChI=1S/C14H19NO5/c1-10(2)15-19-9-8-14(3,13(17)18)20-12-6-4-11(16)5-7-12/h4-7,16H,8-9H2,1-3H3,(H,17,18). The molecule has 6 nitrogen and oxygen atoms in total. The number of benzene rings is 1. The lowest BCUT2D eigenvalue weighted by molar-refractivity contribution is -0.155. The summed E-state index contributed by atoms with van der Waals surface area (Å²) in [6.45, 7) is 5.16. The molecule has 1 atom stereocenters. The van der Waals surface area contributed by atoms with Crippen LogP contribution in [-0.2, 0) is 9.63 Å². The van der Waals surface area contributed by atoms with Gasteiger partial charge in [0.2, 0.25) is 5.60 Å². The second-order valence-electron chi connectivity index (χ2n) is 4.75. The fourth-order valence-corrected chi connectivity index (χ4v) is 1.39. The number of phenols is 1. The van der Waals surface area contributed by atoms with Crippen molar-refractivity contribution in [2.75, 3.05) is 6.61 Å². The third-order valence-corrected chi connectivity index (χ3v) is 2.55. The van der Waals surface area contributed by atoms with E-state index in [4.69, 9.17) is 9.57 Å². The van der Waals surface area contributed by atoms with Crippen molar-refractivity contribution in [3.05, 3.63) is 24.3 Å². The minimum absolute atomic E-state index is 0.0884. The number of oxime groups is 1. The zero-order chi connectivity index (χ0) is 15.2. The van der Waals surface area contributed by atoms with E-state index in [1.165, 1.54) is 31.2 Å². The lowest BCUT2D eigenvalue weighted by Gasteiger charge is -2.25. The Morgan fingerprint density at radius 3 is 2.40 bits per heavy atom. The Morgan fingerprint density at radius 1 is 1.30 bits per heavy atom. The molecule has 6 heteroatoms. The lowest BCUT2D eigenvalue weighted by atomic mass is 10.0. The molecule has 1 rings (SSSR count). The summed E-state index contributed by atoms with van der Waals surface area (Å²) in [7, 11) is 0. The van der Waals surface area contributed by atoms with Crippen LogP contribution in [0.3, 0.4) is 0 Å². The first kappa shape index (κ1) is 15.8. The average Bonchev–Trinajstić information content (AvgIpc) is 2.37. The number of hydrogen-bond donors (Lipinski definition) is 2. The number of carboxylic acid groups (broad SMARTS) is 1. The first-order valence-corrected chi connectivity index (χ1v) is 6.18. The third kappa shape index (κ3) is 4.79. The van der Waals surface area contributed by atoms with Gasteiger partial charge in [0.1, 0.15) is 18.1 Å². The van der Waals surface area contributed by atoms with Crippen LogP contribution in [0.2, 0.25) is 0 Å². The Morgan fingerprint density at radius 2 is 1.90 bits per heavy atom. The summed E-state index contributed by atoms with van der Waals surface area (Å²) in [5.41, 5.74) is -0.671. The number of rotatable bonds is 7. The van der Waals surface area contributed by atoms with Crippen LogP contribution in [0.4, 0.5) is 0 Å². The molecule has 1 aromatic carbocycles. The zero-order valence-corrected chi connectivity index (χ0v) is 11.8. The molecule has 0 bridgehead atoms. The Kier molecular flexibility index (Phi) is 5.37. The summed E-state index contributed by atoms with van der Waals surface area (Å²) in [6.07, 6.45) is 0.139. The van der Waals surface area contributed by atoms with Gasteiger partial charge in [0.15, 0.2) is 0 Å². The van der Waals surface area contributed by atoms with Gasteiger partial charge >= 0.3 is 5.97 Å². The number of carboxylic acids is 1. The summed E-state index contributed by atoms with van der Waals surface area (Å²) in [5, 5.41) is 22.2. The molecule has 110 valence electrons. The molecule has 0 radical (unpaired) electrons. The van der Waals surface area contributed by atoms with Crippen molar-refractivity contribution in [2.24, 2.45) is 5.16 Å². The second kappa shape index (κ2) is 6.79. The molecule has 1 unspecified atom stereocenters. The van der Waals surface area contributed by atoms with Crippen molar-refractivity contribution in [1.82, 2.24) is 0 Å². The highest BCUT2D eigenvalue weighted by molar-refractivity contribution is 5.78. The van der Waals surface area contributed by atoms with E-state index in [9.17, 15) is 15.0 Å². The van der Waals surface area contributed by atoms with Gasteiger partial charge in [0.05, 0.1) is 5.71 Å². The fraction of sp³-hybridized carbons (Fsp3) is 0.429. The van der Waals surface area contributed by atoms with Crippen LogP contribution >= 0.6 is 0 Å². The topological polar surface area (TPSA) is 88.4 Å². The molecule has 0 aliphatic heterocycles. The fourth-order valence-electron chi connectivity index (χ4n) is 1.39. The van der Waals surface area contributed by atoms with E-state index in [1.54, 1.807) is 13.8 Å². The quantitative estimate of drug-likeness (QED) is 0.455. The van der Waals surface area contributed by atoms with Crippen LogP contribution in [0.5, 0.6) is 11.5 Å². The van der Waals surface area contributed by atoms with Gasteiger partial charge in [-0.25, -0.2) is 4.79 Å². The van der Waals surface area contributed by atoms with Crippen molar-refractivity contribution in [3.8, 4) is 11.5 Å². The summed E-state index contributed by atoms with van der Waals surface area (Å²) >= 11 is 0. The Bertz CT molecular complexity index is 479. The summed E-state index contributed by atoms with van der Waals surface area (Å²) in [4.78, 5) is 16.4. The molecule has 0 heterocycles. The average molecular weight is 281 g/mol.